The van der Waals surface area contributed by atoms with Gasteiger partial charge in [-0.25, -0.2) is 0 Å². The van der Waals surface area contributed by atoms with Gasteiger partial charge < -0.3 is 19.4 Å². The van der Waals surface area contributed by atoms with Gasteiger partial charge in [0, 0.05) is 12.1 Å². The molecule has 1 aromatic rings. The SMILES string of the molecule is CCOc1ccccc1C=C(CNC)B1OC(C)(C)C(C)(C)O1. The molecule has 1 saturated heterocycles. The van der Waals surface area contributed by atoms with E-state index in [4.69, 9.17) is 14.0 Å². The van der Waals surface area contributed by atoms with Crippen LogP contribution in [0.4, 0.5) is 0 Å². The summed E-state index contributed by atoms with van der Waals surface area (Å²) in [6.45, 7) is 11.6. The lowest BCUT2D eigenvalue weighted by molar-refractivity contribution is 0.00578. The molecular weight excluding hydrogens is 289 g/mol. The second kappa shape index (κ2) is 7.08. The molecule has 126 valence electrons. The summed E-state index contributed by atoms with van der Waals surface area (Å²) < 4.78 is 18.1. The van der Waals surface area contributed by atoms with Crippen LogP contribution in [0.3, 0.4) is 0 Å². The number of para-hydroxylation sites is 1. The summed E-state index contributed by atoms with van der Waals surface area (Å²) in [6.07, 6.45) is 2.10. The molecule has 1 N–H and O–H groups in total. The Morgan fingerprint density at radius 2 is 1.78 bits per heavy atom. The monoisotopic (exact) mass is 317 g/mol. The molecule has 4 nitrogen and oxygen atoms in total. The smallest absolute Gasteiger partial charge is 0.491 e. The Labute approximate surface area is 140 Å². The molecule has 0 bridgehead atoms. The van der Waals surface area contributed by atoms with Gasteiger partial charge in [0.2, 0.25) is 0 Å². The van der Waals surface area contributed by atoms with Crippen molar-refractivity contribution < 1.29 is 14.0 Å². The molecule has 0 aliphatic carbocycles. The van der Waals surface area contributed by atoms with Crippen LogP contribution < -0.4 is 10.1 Å². The summed E-state index contributed by atoms with van der Waals surface area (Å²) >= 11 is 0. The maximum Gasteiger partial charge on any atom is 0.491 e. The predicted octanol–water partition coefficient (Wildman–Crippen LogP) is 3.32. The maximum absolute atomic E-state index is 6.18. The van der Waals surface area contributed by atoms with E-state index in [9.17, 15) is 0 Å². The third kappa shape index (κ3) is 3.97. The first-order valence-corrected chi connectivity index (χ1v) is 8.23. The normalized spacial score (nSPS) is 19.9. The lowest BCUT2D eigenvalue weighted by Crippen LogP contribution is -2.41. The van der Waals surface area contributed by atoms with Crippen LogP contribution >= 0.6 is 0 Å². The van der Waals surface area contributed by atoms with E-state index >= 15 is 0 Å². The lowest BCUT2D eigenvalue weighted by Gasteiger charge is -2.32. The van der Waals surface area contributed by atoms with Crippen LogP contribution in [0.25, 0.3) is 6.08 Å². The fraction of sp³-hybridized carbons (Fsp3) is 0.556. The highest BCUT2D eigenvalue weighted by Gasteiger charge is 2.52. The zero-order valence-electron chi connectivity index (χ0n) is 15.1. The molecule has 0 atom stereocenters. The van der Waals surface area contributed by atoms with Crippen LogP contribution in [0.15, 0.2) is 29.7 Å². The average molecular weight is 317 g/mol. The predicted molar refractivity (Wildman–Crippen MR) is 95.6 cm³/mol. The van der Waals surface area contributed by atoms with E-state index in [2.05, 4.69) is 39.1 Å². The molecule has 0 saturated carbocycles. The minimum atomic E-state index is -0.359. The van der Waals surface area contributed by atoms with Crippen molar-refractivity contribution in [3.05, 3.63) is 35.3 Å². The number of nitrogens with one attached hydrogen (secondary N) is 1. The van der Waals surface area contributed by atoms with Gasteiger partial charge in [-0.1, -0.05) is 24.3 Å². The van der Waals surface area contributed by atoms with Crippen molar-refractivity contribution in [3.63, 3.8) is 0 Å². The highest BCUT2D eigenvalue weighted by atomic mass is 16.7. The molecule has 1 aliphatic rings. The standard InChI is InChI=1S/C18H28BNO3/c1-7-21-16-11-9-8-10-14(16)12-15(13-20-6)19-22-17(2,3)18(4,5)23-19/h8-12,20H,7,13H2,1-6H3. The number of hydrogen-bond donors (Lipinski definition) is 1. The Balaban J connectivity index is 2.33. The van der Waals surface area contributed by atoms with Crippen molar-refractivity contribution in [3.8, 4) is 5.75 Å². The summed E-state index contributed by atoms with van der Waals surface area (Å²) in [5, 5.41) is 3.20. The van der Waals surface area contributed by atoms with Gasteiger partial charge in [0.25, 0.3) is 0 Å². The maximum atomic E-state index is 6.18. The number of rotatable bonds is 6. The van der Waals surface area contributed by atoms with E-state index in [1.807, 2.05) is 38.2 Å². The Kier molecular flexibility index (Phi) is 5.55. The van der Waals surface area contributed by atoms with E-state index in [1.165, 1.54) is 0 Å². The molecule has 1 aliphatic heterocycles. The lowest BCUT2D eigenvalue weighted by atomic mass is 9.77. The zero-order chi connectivity index (χ0) is 17.1. The molecule has 1 fully saturated rings. The second-order valence-corrected chi connectivity index (χ2v) is 6.81. The minimum absolute atomic E-state index is 0.343. The van der Waals surface area contributed by atoms with Gasteiger partial charge in [-0.05, 0) is 53.2 Å². The molecule has 2 rings (SSSR count). The molecule has 1 heterocycles. The van der Waals surface area contributed by atoms with Crippen molar-refractivity contribution in [2.24, 2.45) is 0 Å². The third-order valence-electron chi connectivity index (χ3n) is 4.50. The Morgan fingerprint density at radius 3 is 2.35 bits per heavy atom. The van der Waals surface area contributed by atoms with Crippen molar-refractivity contribution in [1.29, 1.82) is 0 Å². The average Bonchev–Trinajstić information content (AvgIpc) is 2.69. The zero-order valence-corrected chi connectivity index (χ0v) is 15.1. The molecule has 5 heteroatoms. The van der Waals surface area contributed by atoms with Crippen LogP contribution in [-0.2, 0) is 9.31 Å². The Morgan fingerprint density at radius 1 is 1.17 bits per heavy atom. The molecule has 0 radical (unpaired) electrons. The fourth-order valence-electron chi connectivity index (χ4n) is 2.49. The van der Waals surface area contributed by atoms with Crippen LogP contribution in [0.2, 0.25) is 0 Å². The van der Waals surface area contributed by atoms with Gasteiger partial charge in [-0.3, -0.25) is 0 Å². The molecular formula is C18H28BNO3. The Bertz CT molecular complexity index is 553. The van der Waals surface area contributed by atoms with Crippen molar-refractivity contribution in [2.45, 2.75) is 45.8 Å². The van der Waals surface area contributed by atoms with Gasteiger partial charge >= 0.3 is 7.12 Å². The van der Waals surface area contributed by atoms with Gasteiger partial charge in [0.1, 0.15) is 5.75 Å². The highest BCUT2D eigenvalue weighted by molar-refractivity contribution is 6.56. The van der Waals surface area contributed by atoms with E-state index in [-0.39, 0.29) is 18.3 Å². The summed E-state index contributed by atoms with van der Waals surface area (Å²) in [5.74, 6) is 0.875. The van der Waals surface area contributed by atoms with Crippen LogP contribution in [0.5, 0.6) is 5.75 Å². The van der Waals surface area contributed by atoms with Gasteiger partial charge in [-0.2, -0.15) is 0 Å². The first kappa shape index (κ1) is 18.0. The summed E-state index contributed by atoms with van der Waals surface area (Å²) in [7, 11) is 1.56. The van der Waals surface area contributed by atoms with E-state index < -0.39 is 0 Å². The van der Waals surface area contributed by atoms with Crippen molar-refractivity contribution in [1.82, 2.24) is 5.32 Å². The second-order valence-electron chi connectivity index (χ2n) is 6.81. The first-order valence-electron chi connectivity index (χ1n) is 8.23. The third-order valence-corrected chi connectivity index (χ3v) is 4.50. The Hall–Kier alpha value is -1.30. The minimum Gasteiger partial charge on any atom is -0.493 e. The first-order chi connectivity index (χ1) is 10.8. The number of likely N-dealkylation sites (N-methyl/N-ethyl adjacent to an activating group) is 1. The molecule has 1 aromatic carbocycles. The fourth-order valence-corrected chi connectivity index (χ4v) is 2.49. The quantitative estimate of drug-likeness (QED) is 0.817. The molecule has 0 unspecified atom stereocenters. The van der Waals surface area contributed by atoms with E-state index in [1.54, 1.807) is 0 Å². The molecule has 0 amide bonds. The topological polar surface area (TPSA) is 39.7 Å². The molecule has 0 aromatic heterocycles. The summed E-state index contributed by atoms with van der Waals surface area (Å²) in [4.78, 5) is 0. The molecule has 0 spiro atoms. The molecule has 23 heavy (non-hydrogen) atoms. The van der Waals surface area contributed by atoms with E-state index in [0.29, 0.717) is 13.2 Å². The largest absolute Gasteiger partial charge is 0.493 e. The highest BCUT2D eigenvalue weighted by Crippen LogP contribution is 2.39. The van der Waals surface area contributed by atoms with Crippen molar-refractivity contribution >= 4 is 13.2 Å². The van der Waals surface area contributed by atoms with Gasteiger partial charge in [0.15, 0.2) is 0 Å². The van der Waals surface area contributed by atoms with Gasteiger partial charge in [0.05, 0.1) is 17.8 Å². The summed E-state index contributed by atoms with van der Waals surface area (Å²) in [5.41, 5.74) is 1.40. The van der Waals surface area contributed by atoms with Crippen LogP contribution in [-0.4, -0.2) is 38.5 Å². The van der Waals surface area contributed by atoms with Gasteiger partial charge in [-0.15, -0.1) is 0 Å². The number of ether oxygens (including phenoxy) is 1. The number of hydrogen-bond acceptors (Lipinski definition) is 4. The van der Waals surface area contributed by atoms with E-state index in [0.717, 1.165) is 16.8 Å². The van der Waals surface area contributed by atoms with Crippen LogP contribution in [0, 0.1) is 0 Å². The number of benzene rings is 1. The van der Waals surface area contributed by atoms with Crippen LogP contribution in [0.1, 0.15) is 40.2 Å². The summed E-state index contributed by atoms with van der Waals surface area (Å²) in [6, 6.07) is 8.02. The van der Waals surface area contributed by atoms with Crippen molar-refractivity contribution in [2.75, 3.05) is 20.2 Å².